The van der Waals surface area contributed by atoms with Crippen LogP contribution in [0.15, 0.2) is 47.4 Å². The summed E-state index contributed by atoms with van der Waals surface area (Å²) >= 11 is 0. The van der Waals surface area contributed by atoms with Crippen molar-refractivity contribution in [1.82, 2.24) is 9.62 Å². The Morgan fingerprint density at radius 2 is 1.74 bits per heavy atom. The quantitative estimate of drug-likeness (QED) is 0.830. The second-order valence-electron chi connectivity index (χ2n) is 7.02. The molecule has 0 bridgehead atoms. The zero-order chi connectivity index (χ0) is 19.4. The van der Waals surface area contributed by atoms with Gasteiger partial charge in [0.05, 0.1) is 4.90 Å². The number of hydrogen-bond donors (Lipinski definition) is 1. The number of sulfonamides is 1. The molecular weight excluding hydrogens is 360 g/mol. The van der Waals surface area contributed by atoms with Gasteiger partial charge in [-0.05, 0) is 61.9 Å². The maximum Gasteiger partial charge on any atom is 0.251 e. The van der Waals surface area contributed by atoms with Gasteiger partial charge >= 0.3 is 0 Å². The van der Waals surface area contributed by atoms with Gasteiger partial charge in [0, 0.05) is 25.2 Å². The minimum atomic E-state index is -3.53. The van der Waals surface area contributed by atoms with Crippen LogP contribution in [0.1, 0.15) is 39.9 Å². The number of carbonyl (C=O) groups excluding carboxylic acids is 1. The Kier molecular flexibility index (Phi) is 5.97. The molecule has 0 radical (unpaired) electrons. The third kappa shape index (κ3) is 4.39. The first-order valence-electron chi connectivity index (χ1n) is 9.33. The lowest BCUT2D eigenvalue weighted by molar-refractivity contribution is 0.0953. The van der Waals surface area contributed by atoms with Crippen LogP contribution in [-0.2, 0) is 16.4 Å². The molecule has 0 saturated carbocycles. The molecule has 1 heterocycles. The van der Waals surface area contributed by atoms with Crippen molar-refractivity contribution in [3.05, 3.63) is 64.7 Å². The maximum absolute atomic E-state index is 12.8. The molecule has 1 aliphatic rings. The number of rotatable bonds is 6. The fourth-order valence-corrected chi connectivity index (χ4v) is 4.92. The zero-order valence-corrected chi connectivity index (χ0v) is 16.7. The highest BCUT2D eigenvalue weighted by Crippen LogP contribution is 2.23. The lowest BCUT2D eigenvalue weighted by Crippen LogP contribution is -2.29. The Labute approximate surface area is 161 Å². The molecule has 1 saturated heterocycles. The highest BCUT2D eigenvalue weighted by atomic mass is 32.2. The van der Waals surface area contributed by atoms with Gasteiger partial charge in [-0.3, -0.25) is 4.79 Å². The predicted octanol–water partition coefficient (Wildman–Crippen LogP) is 3.06. The molecule has 5 nitrogen and oxygen atoms in total. The van der Waals surface area contributed by atoms with Gasteiger partial charge in [0.25, 0.3) is 5.91 Å². The van der Waals surface area contributed by atoms with E-state index >= 15 is 0 Å². The average Bonchev–Trinajstić information content (AvgIpc) is 3.19. The molecule has 27 heavy (non-hydrogen) atoms. The van der Waals surface area contributed by atoms with E-state index in [0.29, 0.717) is 25.2 Å². The lowest BCUT2D eigenvalue weighted by Gasteiger charge is -2.17. The molecule has 144 valence electrons. The summed E-state index contributed by atoms with van der Waals surface area (Å²) in [5.74, 6) is -0.237. The Hall–Kier alpha value is -2.18. The highest BCUT2D eigenvalue weighted by molar-refractivity contribution is 7.89. The Morgan fingerprint density at radius 1 is 1.04 bits per heavy atom. The molecule has 0 atom stereocenters. The summed E-state index contributed by atoms with van der Waals surface area (Å²) in [6.45, 7) is 5.48. The molecule has 2 aromatic carbocycles. The summed E-state index contributed by atoms with van der Waals surface area (Å²) in [7, 11) is -3.53. The molecular formula is C21H26N2O3S. The van der Waals surface area contributed by atoms with Crippen LogP contribution >= 0.6 is 0 Å². The average molecular weight is 387 g/mol. The van der Waals surface area contributed by atoms with E-state index in [0.717, 1.165) is 24.8 Å². The van der Waals surface area contributed by atoms with Crippen molar-refractivity contribution in [3.63, 3.8) is 0 Å². The lowest BCUT2D eigenvalue weighted by atomic mass is 10.1. The normalized spacial score (nSPS) is 15.0. The molecule has 1 fully saturated rings. The Bertz CT molecular complexity index is 932. The molecule has 6 heteroatoms. The van der Waals surface area contributed by atoms with Gasteiger partial charge in [-0.2, -0.15) is 4.31 Å². The van der Waals surface area contributed by atoms with E-state index in [1.165, 1.54) is 21.5 Å². The Morgan fingerprint density at radius 3 is 2.44 bits per heavy atom. The first-order valence-corrected chi connectivity index (χ1v) is 10.8. The van der Waals surface area contributed by atoms with Gasteiger partial charge in [-0.15, -0.1) is 0 Å². The first kappa shape index (κ1) is 19.6. The summed E-state index contributed by atoms with van der Waals surface area (Å²) in [4.78, 5) is 12.8. The number of benzene rings is 2. The van der Waals surface area contributed by atoms with Crippen molar-refractivity contribution in [3.8, 4) is 0 Å². The molecule has 1 N–H and O–H groups in total. The molecule has 1 amide bonds. The molecule has 0 aliphatic carbocycles. The smallest absolute Gasteiger partial charge is 0.251 e. The van der Waals surface area contributed by atoms with Crippen molar-refractivity contribution < 1.29 is 13.2 Å². The molecule has 0 aromatic heterocycles. The maximum atomic E-state index is 12.8. The van der Waals surface area contributed by atoms with Gasteiger partial charge in [-0.25, -0.2) is 8.42 Å². The van der Waals surface area contributed by atoms with E-state index in [2.05, 4.69) is 11.4 Å². The molecule has 3 rings (SSSR count). The van der Waals surface area contributed by atoms with Crippen molar-refractivity contribution in [2.24, 2.45) is 0 Å². The number of aryl methyl sites for hydroxylation is 2. The van der Waals surface area contributed by atoms with Crippen molar-refractivity contribution in [2.75, 3.05) is 19.6 Å². The first-order chi connectivity index (χ1) is 12.9. The fraction of sp³-hybridized carbons (Fsp3) is 0.381. The minimum Gasteiger partial charge on any atom is -0.352 e. The van der Waals surface area contributed by atoms with Crippen LogP contribution in [0.25, 0.3) is 0 Å². The number of nitrogens with zero attached hydrogens (tertiary/aromatic N) is 1. The van der Waals surface area contributed by atoms with Crippen molar-refractivity contribution >= 4 is 15.9 Å². The summed E-state index contributed by atoms with van der Waals surface area (Å²) in [6, 6.07) is 12.9. The second-order valence-corrected chi connectivity index (χ2v) is 8.96. The fourth-order valence-electron chi connectivity index (χ4n) is 3.38. The second kappa shape index (κ2) is 8.23. The standard InChI is InChI=1S/C21H26N2O3S/c1-16-7-3-4-8-18(16)11-12-22-21(24)20-15-19(10-9-17(20)2)27(25,26)23-13-5-6-14-23/h3-4,7-10,15H,5-6,11-14H2,1-2H3,(H,22,24). The van der Waals surface area contributed by atoms with Gasteiger partial charge < -0.3 is 5.32 Å². The van der Waals surface area contributed by atoms with Crippen LogP contribution in [0.4, 0.5) is 0 Å². The van der Waals surface area contributed by atoms with E-state index in [9.17, 15) is 13.2 Å². The molecule has 0 spiro atoms. The summed E-state index contributed by atoms with van der Waals surface area (Å²) in [5, 5.41) is 2.92. The van der Waals surface area contributed by atoms with Gasteiger partial charge in [-0.1, -0.05) is 30.3 Å². The molecule has 1 aliphatic heterocycles. The van der Waals surface area contributed by atoms with Crippen LogP contribution < -0.4 is 5.32 Å². The topological polar surface area (TPSA) is 66.5 Å². The van der Waals surface area contributed by atoms with E-state index in [4.69, 9.17) is 0 Å². The van der Waals surface area contributed by atoms with Crippen LogP contribution in [0, 0.1) is 13.8 Å². The van der Waals surface area contributed by atoms with Crippen LogP contribution in [-0.4, -0.2) is 38.3 Å². The van der Waals surface area contributed by atoms with Crippen LogP contribution in [0.3, 0.4) is 0 Å². The van der Waals surface area contributed by atoms with Gasteiger partial charge in [0.2, 0.25) is 10.0 Å². The van der Waals surface area contributed by atoms with E-state index in [-0.39, 0.29) is 10.8 Å². The Balaban J connectivity index is 1.72. The largest absolute Gasteiger partial charge is 0.352 e. The minimum absolute atomic E-state index is 0.194. The SMILES string of the molecule is Cc1ccccc1CCNC(=O)c1cc(S(=O)(=O)N2CCCC2)ccc1C. The van der Waals surface area contributed by atoms with Crippen LogP contribution in [0.5, 0.6) is 0 Å². The number of amides is 1. The zero-order valence-electron chi connectivity index (χ0n) is 15.9. The van der Waals surface area contributed by atoms with Crippen molar-refractivity contribution in [2.45, 2.75) is 38.0 Å². The van der Waals surface area contributed by atoms with E-state index < -0.39 is 10.0 Å². The number of hydrogen-bond acceptors (Lipinski definition) is 3. The summed E-state index contributed by atoms with van der Waals surface area (Å²) in [5.41, 5.74) is 3.57. The van der Waals surface area contributed by atoms with Gasteiger partial charge in [0.15, 0.2) is 0 Å². The van der Waals surface area contributed by atoms with Gasteiger partial charge in [0.1, 0.15) is 0 Å². The number of carbonyl (C=O) groups is 1. The molecule has 2 aromatic rings. The van der Waals surface area contributed by atoms with Crippen LogP contribution in [0.2, 0.25) is 0 Å². The third-order valence-corrected chi connectivity index (χ3v) is 6.99. The van der Waals surface area contributed by atoms with Crippen molar-refractivity contribution in [1.29, 1.82) is 0 Å². The van der Waals surface area contributed by atoms with E-state index in [1.54, 1.807) is 12.1 Å². The third-order valence-electron chi connectivity index (χ3n) is 5.10. The summed E-state index contributed by atoms with van der Waals surface area (Å²) in [6.07, 6.45) is 2.51. The molecule has 0 unspecified atom stereocenters. The van der Waals surface area contributed by atoms with E-state index in [1.807, 2.05) is 32.0 Å². The summed E-state index contributed by atoms with van der Waals surface area (Å²) < 4.78 is 27.0. The predicted molar refractivity (Wildman–Crippen MR) is 106 cm³/mol. The number of nitrogens with one attached hydrogen (secondary N) is 1. The monoisotopic (exact) mass is 386 g/mol. The highest BCUT2D eigenvalue weighted by Gasteiger charge is 2.28.